The number of nitrogens with zero attached hydrogens (tertiary/aromatic N) is 2. The number of anilines is 1. The molecule has 0 atom stereocenters. The third-order valence-corrected chi connectivity index (χ3v) is 5.17. The van der Waals surface area contributed by atoms with Crippen LogP contribution in [0.1, 0.15) is 17.5 Å². The number of para-hydroxylation sites is 2. The number of amides is 1. The van der Waals surface area contributed by atoms with Crippen molar-refractivity contribution < 1.29 is 17.9 Å². The van der Waals surface area contributed by atoms with Gasteiger partial charge < -0.3 is 10.1 Å². The van der Waals surface area contributed by atoms with Crippen molar-refractivity contribution in [3.05, 3.63) is 59.7 Å². The van der Waals surface area contributed by atoms with Crippen LogP contribution in [0.25, 0.3) is 0 Å². The van der Waals surface area contributed by atoms with E-state index in [1.54, 1.807) is 48.5 Å². The molecule has 8 heteroatoms. The molecule has 0 bridgehead atoms. The maximum absolute atomic E-state index is 12.2. The highest BCUT2D eigenvalue weighted by Gasteiger charge is 2.20. The molecule has 0 aliphatic heterocycles. The molecular formula is C19H21N3O4S. The standard InChI is InChI=1S/C19H21N3O4S/c1-26-18-10-6-4-8-16(18)14-22(27(2,24)25)12-11-19(23)21-17-9-5-3-7-15(17)13-20/h3-10H,11-12,14H2,1-2H3,(H,21,23). The van der Waals surface area contributed by atoms with E-state index < -0.39 is 10.0 Å². The maximum Gasteiger partial charge on any atom is 0.225 e. The third-order valence-electron chi connectivity index (χ3n) is 3.92. The Morgan fingerprint density at radius 2 is 1.85 bits per heavy atom. The quantitative estimate of drug-likeness (QED) is 0.749. The van der Waals surface area contributed by atoms with Gasteiger partial charge in [0, 0.05) is 25.1 Å². The number of benzene rings is 2. The Morgan fingerprint density at radius 1 is 1.19 bits per heavy atom. The molecule has 2 rings (SSSR count). The molecule has 0 saturated heterocycles. The molecule has 0 unspecified atom stereocenters. The molecule has 27 heavy (non-hydrogen) atoms. The van der Waals surface area contributed by atoms with E-state index in [0.29, 0.717) is 22.6 Å². The largest absolute Gasteiger partial charge is 0.496 e. The van der Waals surface area contributed by atoms with Gasteiger partial charge in [-0.2, -0.15) is 9.57 Å². The van der Waals surface area contributed by atoms with E-state index in [-0.39, 0.29) is 25.4 Å². The van der Waals surface area contributed by atoms with Gasteiger partial charge in [0.25, 0.3) is 0 Å². The predicted octanol–water partition coefficient (Wildman–Crippen LogP) is 2.36. The number of carbonyl (C=O) groups is 1. The zero-order chi connectivity index (χ0) is 19.9. The summed E-state index contributed by atoms with van der Waals surface area (Å²) in [4.78, 5) is 12.2. The Hall–Kier alpha value is -2.89. The van der Waals surface area contributed by atoms with E-state index in [4.69, 9.17) is 10.00 Å². The summed E-state index contributed by atoms with van der Waals surface area (Å²) in [7, 11) is -2.01. The molecule has 0 radical (unpaired) electrons. The van der Waals surface area contributed by atoms with Crippen LogP contribution in [-0.2, 0) is 21.4 Å². The van der Waals surface area contributed by atoms with Crippen molar-refractivity contribution in [3.8, 4) is 11.8 Å². The Morgan fingerprint density at radius 3 is 2.52 bits per heavy atom. The monoisotopic (exact) mass is 387 g/mol. The molecular weight excluding hydrogens is 366 g/mol. The number of sulfonamides is 1. The average molecular weight is 387 g/mol. The van der Waals surface area contributed by atoms with Crippen LogP contribution in [0.4, 0.5) is 5.69 Å². The van der Waals surface area contributed by atoms with Gasteiger partial charge in [-0.05, 0) is 18.2 Å². The fourth-order valence-electron chi connectivity index (χ4n) is 2.51. The SMILES string of the molecule is COc1ccccc1CN(CCC(=O)Nc1ccccc1C#N)S(C)(=O)=O. The number of hydrogen-bond acceptors (Lipinski definition) is 5. The van der Waals surface area contributed by atoms with Crippen molar-refractivity contribution in [3.63, 3.8) is 0 Å². The molecule has 142 valence electrons. The molecule has 0 spiro atoms. The summed E-state index contributed by atoms with van der Waals surface area (Å²) in [5.41, 5.74) is 1.46. The lowest BCUT2D eigenvalue weighted by molar-refractivity contribution is -0.116. The summed E-state index contributed by atoms with van der Waals surface area (Å²) in [6.07, 6.45) is 1.06. The van der Waals surface area contributed by atoms with E-state index in [9.17, 15) is 13.2 Å². The smallest absolute Gasteiger partial charge is 0.225 e. The second kappa shape index (κ2) is 9.16. The predicted molar refractivity (Wildman–Crippen MR) is 103 cm³/mol. The van der Waals surface area contributed by atoms with E-state index >= 15 is 0 Å². The van der Waals surface area contributed by atoms with Gasteiger partial charge in [-0.15, -0.1) is 0 Å². The molecule has 0 saturated carbocycles. The first-order chi connectivity index (χ1) is 12.8. The highest BCUT2D eigenvalue weighted by molar-refractivity contribution is 7.88. The summed E-state index contributed by atoms with van der Waals surface area (Å²) >= 11 is 0. The number of nitriles is 1. The lowest BCUT2D eigenvalue weighted by Gasteiger charge is -2.21. The van der Waals surface area contributed by atoms with E-state index in [2.05, 4.69) is 5.32 Å². The van der Waals surface area contributed by atoms with Crippen LogP contribution < -0.4 is 10.1 Å². The molecule has 7 nitrogen and oxygen atoms in total. The minimum absolute atomic E-state index is 0.0113. The first-order valence-corrected chi connectivity index (χ1v) is 10.1. The van der Waals surface area contributed by atoms with Crippen LogP contribution in [-0.4, -0.2) is 38.5 Å². The molecule has 2 aromatic rings. The van der Waals surface area contributed by atoms with Crippen molar-refractivity contribution >= 4 is 21.6 Å². The lowest BCUT2D eigenvalue weighted by atomic mass is 10.2. The second-order valence-corrected chi connectivity index (χ2v) is 7.85. The minimum Gasteiger partial charge on any atom is -0.496 e. The van der Waals surface area contributed by atoms with E-state index in [1.165, 1.54) is 11.4 Å². The highest BCUT2D eigenvalue weighted by atomic mass is 32.2. The number of carbonyl (C=O) groups excluding carboxylic acids is 1. The number of hydrogen-bond donors (Lipinski definition) is 1. The Kier molecular flexibility index (Phi) is 6.93. The maximum atomic E-state index is 12.2. The summed E-state index contributed by atoms with van der Waals surface area (Å²) in [5.74, 6) is 0.213. The van der Waals surface area contributed by atoms with E-state index in [0.717, 1.165) is 6.26 Å². The molecule has 0 aromatic heterocycles. The fourth-order valence-corrected chi connectivity index (χ4v) is 3.31. The van der Waals surface area contributed by atoms with Crippen LogP contribution in [0.5, 0.6) is 5.75 Å². The zero-order valence-corrected chi connectivity index (χ0v) is 16.0. The third kappa shape index (κ3) is 5.81. The van der Waals surface area contributed by atoms with Gasteiger partial charge in [-0.3, -0.25) is 4.79 Å². The normalized spacial score (nSPS) is 11.0. The van der Waals surface area contributed by atoms with Gasteiger partial charge in [0.1, 0.15) is 11.8 Å². The molecule has 0 fully saturated rings. The van der Waals surface area contributed by atoms with Crippen LogP contribution in [0, 0.1) is 11.3 Å². The van der Waals surface area contributed by atoms with Crippen LogP contribution in [0.2, 0.25) is 0 Å². The Balaban J connectivity index is 2.07. The van der Waals surface area contributed by atoms with Gasteiger partial charge in [0.15, 0.2) is 0 Å². The van der Waals surface area contributed by atoms with Crippen molar-refractivity contribution in [2.24, 2.45) is 0 Å². The van der Waals surface area contributed by atoms with Crippen molar-refractivity contribution in [2.75, 3.05) is 25.2 Å². The van der Waals surface area contributed by atoms with E-state index in [1.807, 2.05) is 6.07 Å². The average Bonchev–Trinajstić information content (AvgIpc) is 2.64. The topological polar surface area (TPSA) is 99.5 Å². The minimum atomic E-state index is -3.52. The molecule has 0 heterocycles. The summed E-state index contributed by atoms with van der Waals surface area (Å²) in [5, 5.41) is 11.7. The molecule has 1 amide bonds. The highest BCUT2D eigenvalue weighted by Crippen LogP contribution is 2.21. The Labute approximate surface area is 159 Å². The summed E-state index contributed by atoms with van der Waals surface area (Å²) in [6, 6.07) is 15.8. The number of nitrogens with one attached hydrogen (secondary N) is 1. The first kappa shape index (κ1) is 20.4. The van der Waals surface area contributed by atoms with Crippen molar-refractivity contribution in [2.45, 2.75) is 13.0 Å². The van der Waals surface area contributed by atoms with Crippen LogP contribution >= 0.6 is 0 Å². The molecule has 1 N–H and O–H groups in total. The fraction of sp³-hybridized carbons (Fsp3) is 0.263. The van der Waals surface area contributed by atoms with Gasteiger partial charge in [0.2, 0.25) is 15.9 Å². The lowest BCUT2D eigenvalue weighted by Crippen LogP contribution is -2.32. The Bertz CT molecular complexity index is 951. The van der Waals surface area contributed by atoms with Gasteiger partial charge in [0.05, 0.1) is 24.6 Å². The van der Waals surface area contributed by atoms with Gasteiger partial charge >= 0.3 is 0 Å². The summed E-state index contributed by atoms with van der Waals surface area (Å²) < 4.78 is 30.7. The molecule has 0 aliphatic rings. The number of ether oxygens (including phenoxy) is 1. The van der Waals surface area contributed by atoms with Crippen molar-refractivity contribution in [1.82, 2.24) is 4.31 Å². The zero-order valence-electron chi connectivity index (χ0n) is 15.2. The number of methoxy groups -OCH3 is 1. The molecule has 0 aliphatic carbocycles. The number of rotatable bonds is 8. The summed E-state index contributed by atoms with van der Waals surface area (Å²) in [6.45, 7) is 0.113. The van der Waals surface area contributed by atoms with Gasteiger partial charge in [-0.1, -0.05) is 30.3 Å². The first-order valence-electron chi connectivity index (χ1n) is 8.21. The van der Waals surface area contributed by atoms with Crippen molar-refractivity contribution in [1.29, 1.82) is 5.26 Å². The second-order valence-electron chi connectivity index (χ2n) is 5.86. The van der Waals surface area contributed by atoms with Gasteiger partial charge in [-0.25, -0.2) is 8.42 Å². The van der Waals surface area contributed by atoms with Crippen LogP contribution in [0.3, 0.4) is 0 Å². The molecule has 2 aromatic carbocycles. The van der Waals surface area contributed by atoms with Crippen LogP contribution in [0.15, 0.2) is 48.5 Å².